The number of esters is 1. The van der Waals surface area contributed by atoms with E-state index in [0.717, 1.165) is 11.4 Å². The Hall–Kier alpha value is -3.48. The molecule has 2 N–H and O–H groups in total. The number of para-hydroxylation sites is 1. The van der Waals surface area contributed by atoms with Crippen molar-refractivity contribution in [2.45, 2.75) is 0 Å². The van der Waals surface area contributed by atoms with E-state index in [0.29, 0.717) is 17.3 Å². The van der Waals surface area contributed by atoms with Crippen molar-refractivity contribution in [1.29, 1.82) is 0 Å². The molecule has 1 aromatic heterocycles. The number of ether oxygens (including phenoxy) is 1. The fourth-order valence-electron chi connectivity index (χ4n) is 2.02. The Bertz CT molecular complexity index is 822. The standard InChI is InChI=1S/C17H15N5O2/c1-24-16(23)12-7-9-14(10-8-12)20-17-21-15(11-18-22-17)19-13-5-3-2-4-6-13/h2-11H,1H3,(H2,19,20,21,22). The molecule has 7 heteroatoms. The van der Waals surface area contributed by atoms with Crippen LogP contribution < -0.4 is 10.6 Å². The first-order valence-corrected chi connectivity index (χ1v) is 7.22. The van der Waals surface area contributed by atoms with Gasteiger partial charge < -0.3 is 15.4 Å². The van der Waals surface area contributed by atoms with Crippen molar-refractivity contribution in [3.63, 3.8) is 0 Å². The maximum Gasteiger partial charge on any atom is 0.337 e. The zero-order chi connectivity index (χ0) is 16.8. The van der Waals surface area contributed by atoms with Crippen LogP contribution in [0.4, 0.5) is 23.1 Å². The molecule has 1 heterocycles. The molecule has 0 aliphatic carbocycles. The lowest BCUT2D eigenvalue weighted by molar-refractivity contribution is 0.0601. The minimum atomic E-state index is -0.381. The van der Waals surface area contributed by atoms with Crippen LogP contribution in [0.2, 0.25) is 0 Å². The molecule has 0 amide bonds. The van der Waals surface area contributed by atoms with Crippen molar-refractivity contribution in [3.8, 4) is 0 Å². The van der Waals surface area contributed by atoms with E-state index < -0.39 is 0 Å². The van der Waals surface area contributed by atoms with Gasteiger partial charge in [0, 0.05) is 11.4 Å². The minimum absolute atomic E-state index is 0.349. The average molecular weight is 321 g/mol. The van der Waals surface area contributed by atoms with Gasteiger partial charge in [0.1, 0.15) is 0 Å². The van der Waals surface area contributed by atoms with Gasteiger partial charge in [0.2, 0.25) is 5.95 Å². The zero-order valence-electron chi connectivity index (χ0n) is 12.9. The van der Waals surface area contributed by atoms with E-state index in [1.165, 1.54) is 7.11 Å². The van der Waals surface area contributed by atoms with Gasteiger partial charge in [-0.05, 0) is 36.4 Å². The topological polar surface area (TPSA) is 89.0 Å². The molecule has 120 valence electrons. The lowest BCUT2D eigenvalue weighted by Gasteiger charge is -2.08. The summed E-state index contributed by atoms with van der Waals surface area (Å²) >= 11 is 0. The predicted molar refractivity (Wildman–Crippen MR) is 90.6 cm³/mol. The Morgan fingerprint density at radius 1 is 0.958 bits per heavy atom. The Balaban J connectivity index is 1.71. The summed E-state index contributed by atoms with van der Waals surface area (Å²) in [5, 5.41) is 14.1. The number of anilines is 4. The quantitative estimate of drug-likeness (QED) is 0.698. The smallest absolute Gasteiger partial charge is 0.337 e. The van der Waals surface area contributed by atoms with Gasteiger partial charge in [-0.3, -0.25) is 0 Å². The molecule has 0 saturated heterocycles. The second-order valence-electron chi connectivity index (χ2n) is 4.85. The molecule has 2 aromatic carbocycles. The third-order valence-electron chi connectivity index (χ3n) is 3.17. The van der Waals surface area contributed by atoms with Crippen LogP contribution in [-0.4, -0.2) is 28.3 Å². The van der Waals surface area contributed by atoms with Crippen LogP contribution in [0.15, 0.2) is 60.8 Å². The molecule has 7 nitrogen and oxygen atoms in total. The average Bonchev–Trinajstić information content (AvgIpc) is 2.63. The lowest BCUT2D eigenvalue weighted by atomic mass is 10.2. The minimum Gasteiger partial charge on any atom is -0.465 e. The number of rotatable bonds is 5. The highest BCUT2D eigenvalue weighted by Gasteiger charge is 2.06. The molecule has 0 atom stereocenters. The van der Waals surface area contributed by atoms with Gasteiger partial charge in [-0.2, -0.15) is 10.1 Å². The van der Waals surface area contributed by atoms with E-state index in [2.05, 4.69) is 30.6 Å². The number of hydrogen-bond acceptors (Lipinski definition) is 7. The molecule has 0 spiro atoms. The number of carbonyl (C=O) groups excluding carboxylic acids is 1. The van der Waals surface area contributed by atoms with Crippen LogP contribution in [0.1, 0.15) is 10.4 Å². The van der Waals surface area contributed by atoms with E-state index >= 15 is 0 Å². The number of hydrogen-bond donors (Lipinski definition) is 2. The first-order chi connectivity index (χ1) is 11.7. The van der Waals surface area contributed by atoms with Gasteiger partial charge >= 0.3 is 5.97 Å². The highest BCUT2D eigenvalue weighted by Crippen LogP contribution is 2.17. The fraction of sp³-hybridized carbons (Fsp3) is 0.0588. The molecule has 0 saturated carbocycles. The van der Waals surface area contributed by atoms with Crippen molar-refractivity contribution < 1.29 is 9.53 Å². The number of carbonyl (C=O) groups is 1. The van der Waals surface area contributed by atoms with E-state index in [9.17, 15) is 4.79 Å². The molecule has 24 heavy (non-hydrogen) atoms. The number of aromatic nitrogens is 3. The molecule has 0 bridgehead atoms. The van der Waals surface area contributed by atoms with Crippen LogP contribution in [0.3, 0.4) is 0 Å². The van der Waals surface area contributed by atoms with Gasteiger partial charge in [0.15, 0.2) is 5.82 Å². The summed E-state index contributed by atoms with van der Waals surface area (Å²) in [5.74, 6) is 0.542. The highest BCUT2D eigenvalue weighted by molar-refractivity contribution is 5.89. The second kappa shape index (κ2) is 7.19. The predicted octanol–water partition coefficient (Wildman–Crippen LogP) is 3.15. The SMILES string of the molecule is COC(=O)c1ccc(Nc2nncc(Nc3ccccc3)n2)cc1. The maximum atomic E-state index is 11.4. The van der Waals surface area contributed by atoms with Gasteiger partial charge in [0.05, 0.1) is 18.9 Å². The van der Waals surface area contributed by atoms with Crippen molar-refractivity contribution in [1.82, 2.24) is 15.2 Å². The Kier molecular flexibility index (Phi) is 4.62. The van der Waals surface area contributed by atoms with Crippen molar-refractivity contribution in [2.24, 2.45) is 0 Å². The monoisotopic (exact) mass is 321 g/mol. The van der Waals surface area contributed by atoms with Gasteiger partial charge in [-0.25, -0.2) is 4.79 Å². The van der Waals surface area contributed by atoms with Crippen LogP contribution in [0.25, 0.3) is 0 Å². The largest absolute Gasteiger partial charge is 0.465 e. The summed E-state index contributed by atoms with van der Waals surface area (Å²) in [4.78, 5) is 15.8. The Labute approximate surface area is 138 Å². The first kappa shape index (κ1) is 15.4. The molecule has 0 aliphatic rings. The summed E-state index contributed by atoms with van der Waals surface area (Å²) in [6.07, 6.45) is 1.54. The first-order valence-electron chi connectivity index (χ1n) is 7.22. The Morgan fingerprint density at radius 2 is 1.67 bits per heavy atom. The molecular weight excluding hydrogens is 306 g/mol. The highest BCUT2D eigenvalue weighted by atomic mass is 16.5. The van der Waals surface area contributed by atoms with Gasteiger partial charge in [0.25, 0.3) is 0 Å². The molecule has 0 unspecified atom stereocenters. The van der Waals surface area contributed by atoms with Crippen molar-refractivity contribution in [3.05, 3.63) is 66.4 Å². The summed E-state index contributed by atoms with van der Waals surface area (Å²) in [6.45, 7) is 0. The number of benzene rings is 2. The summed E-state index contributed by atoms with van der Waals surface area (Å²) in [6, 6.07) is 16.5. The van der Waals surface area contributed by atoms with E-state index in [1.54, 1.807) is 30.5 Å². The molecule has 0 radical (unpaired) electrons. The fourth-order valence-corrected chi connectivity index (χ4v) is 2.02. The third-order valence-corrected chi connectivity index (χ3v) is 3.17. The van der Waals surface area contributed by atoms with Crippen molar-refractivity contribution in [2.75, 3.05) is 17.7 Å². The molecular formula is C17H15N5O2. The van der Waals surface area contributed by atoms with E-state index in [4.69, 9.17) is 0 Å². The molecule has 3 rings (SSSR count). The van der Waals surface area contributed by atoms with Crippen LogP contribution in [-0.2, 0) is 4.74 Å². The zero-order valence-corrected chi connectivity index (χ0v) is 12.9. The Morgan fingerprint density at radius 3 is 2.38 bits per heavy atom. The second-order valence-corrected chi connectivity index (χ2v) is 4.85. The van der Waals surface area contributed by atoms with Gasteiger partial charge in [-0.15, -0.1) is 5.10 Å². The maximum absolute atomic E-state index is 11.4. The number of methoxy groups -OCH3 is 1. The summed E-state index contributed by atoms with van der Waals surface area (Å²) in [7, 11) is 1.35. The lowest BCUT2D eigenvalue weighted by Crippen LogP contribution is -2.03. The van der Waals surface area contributed by atoms with Gasteiger partial charge in [-0.1, -0.05) is 18.2 Å². The number of nitrogens with one attached hydrogen (secondary N) is 2. The van der Waals surface area contributed by atoms with Crippen LogP contribution >= 0.6 is 0 Å². The molecule has 3 aromatic rings. The normalized spacial score (nSPS) is 10.0. The number of nitrogens with zero attached hydrogens (tertiary/aromatic N) is 3. The van der Waals surface area contributed by atoms with Crippen molar-refractivity contribution >= 4 is 29.1 Å². The summed E-state index contributed by atoms with van der Waals surface area (Å²) in [5.41, 5.74) is 2.12. The third kappa shape index (κ3) is 3.83. The van der Waals surface area contributed by atoms with E-state index in [1.807, 2.05) is 30.3 Å². The summed E-state index contributed by atoms with van der Waals surface area (Å²) < 4.78 is 4.66. The van der Waals surface area contributed by atoms with Crippen LogP contribution in [0.5, 0.6) is 0 Å². The van der Waals surface area contributed by atoms with E-state index in [-0.39, 0.29) is 5.97 Å². The van der Waals surface area contributed by atoms with Crippen LogP contribution in [0, 0.1) is 0 Å². The molecule has 0 fully saturated rings. The molecule has 0 aliphatic heterocycles.